The quantitative estimate of drug-likeness (QED) is 0.0799. The standard InChI is InChI=1S/C25H52N5O8P.2C2H6/c1-29(2,3)17-11-14-23(31)26-16-10-9-13-22(28-24(32)15-12-18-30(4,5)6)25(33)27-19-21(36-7)20-38-39(34,35)37-8;2*1-2/h21-22H,9-20H2,1-8H3,(H2-2,26,27,28,31,32,33,34,35);2*1-2H3/p+2. The van der Waals surface area contributed by atoms with Gasteiger partial charge in [0.05, 0.1) is 68.1 Å². The summed E-state index contributed by atoms with van der Waals surface area (Å²) in [4.78, 5) is 46.9. The molecule has 0 aromatic carbocycles. The zero-order valence-corrected chi connectivity index (χ0v) is 30.2. The Morgan fingerprint density at radius 2 is 1.30 bits per heavy atom. The van der Waals surface area contributed by atoms with Gasteiger partial charge in [0.25, 0.3) is 0 Å². The first-order valence-electron chi connectivity index (χ1n) is 15.5. The molecule has 3 unspecified atom stereocenters. The minimum Gasteiger partial charge on any atom is -0.377 e. The maximum Gasteiger partial charge on any atom is 0.472 e. The van der Waals surface area contributed by atoms with Crippen LogP contribution in [-0.2, 0) is 32.7 Å². The monoisotopic (exact) mass is 643 g/mol. The average Bonchev–Trinajstić information content (AvgIpc) is 2.93. The van der Waals surface area contributed by atoms with Crippen molar-refractivity contribution in [3.8, 4) is 0 Å². The summed E-state index contributed by atoms with van der Waals surface area (Å²) in [6.07, 6.45) is 3.27. The van der Waals surface area contributed by atoms with E-state index in [-0.39, 0.29) is 30.9 Å². The number of hydrogen-bond acceptors (Lipinski definition) is 7. The summed E-state index contributed by atoms with van der Waals surface area (Å²) in [5, 5.41) is 8.47. The van der Waals surface area contributed by atoms with Gasteiger partial charge in [-0.3, -0.25) is 23.4 Å². The lowest BCUT2D eigenvalue weighted by Crippen LogP contribution is -2.49. The van der Waals surface area contributed by atoms with Crippen molar-refractivity contribution in [3.05, 3.63) is 0 Å². The van der Waals surface area contributed by atoms with Gasteiger partial charge in [-0.25, -0.2) is 4.57 Å². The molecule has 0 aromatic heterocycles. The maximum atomic E-state index is 12.9. The van der Waals surface area contributed by atoms with Crippen molar-refractivity contribution < 1.29 is 46.6 Å². The summed E-state index contributed by atoms with van der Waals surface area (Å²) in [7, 11) is 10.7. The predicted octanol–water partition coefficient (Wildman–Crippen LogP) is 2.68. The van der Waals surface area contributed by atoms with E-state index in [4.69, 9.17) is 9.26 Å². The third-order valence-electron chi connectivity index (χ3n) is 5.85. The second-order valence-electron chi connectivity index (χ2n) is 11.8. The zero-order chi connectivity index (χ0) is 34.1. The van der Waals surface area contributed by atoms with Crippen LogP contribution in [0.15, 0.2) is 0 Å². The Bertz CT molecular complexity index is 788. The van der Waals surface area contributed by atoms with Gasteiger partial charge in [-0.2, -0.15) is 0 Å². The molecule has 13 nitrogen and oxygen atoms in total. The molecule has 0 fully saturated rings. The minimum atomic E-state index is -4.17. The molecule has 43 heavy (non-hydrogen) atoms. The van der Waals surface area contributed by atoms with Crippen LogP contribution in [0.25, 0.3) is 0 Å². The molecule has 0 aliphatic rings. The smallest absolute Gasteiger partial charge is 0.377 e. The first-order valence-corrected chi connectivity index (χ1v) is 17.0. The van der Waals surface area contributed by atoms with E-state index in [1.165, 1.54) is 7.11 Å². The van der Waals surface area contributed by atoms with Crippen molar-refractivity contribution >= 4 is 25.5 Å². The number of rotatable bonds is 22. The van der Waals surface area contributed by atoms with E-state index in [1.54, 1.807) is 0 Å². The number of phosphoric ester groups is 1. The topological polar surface area (TPSA) is 152 Å². The fourth-order valence-corrected chi connectivity index (χ4v) is 3.99. The Hall–Kier alpha value is -1.60. The molecule has 3 amide bonds. The average molecular weight is 644 g/mol. The number of methoxy groups -OCH3 is 1. The highest BCUT2D eigenvalue weighted by Crippen LogP contribution is 2.41. The fourth-order valence-electron chi connectivity index (χ4n) is 3.53. The zero-order valence-electron chi connectivity index (χ0n) is 29.3. The van der Waals surface area contributed by atoms with Crippen molar-refractivity contribution in [1.29, 1.82) is 0 Å². The van der Waals surface area contributed by atoms with Crippen molar-refractivity contribution in [2.24, 2.45) is 0 Å². The summed E-state index contributed by atoms with van der Waals surface area (Å²) in [6, 6.07) is -0.761. The van der Waals surface area contributed by atoms with Crippen molar-refractivity contribution in [2.75, 3.05) is 89.3 Å². The minimum absolute atomic E-state index is 0.0102. The lowest BCUT2D eigenvalue weighted by atomic mass is 10.1. The van der Waals surface area contributed by atoms with Gasteiger partial charge in [0.15, 0.2) is 0 Å². The van der Waals surface area contributed by atoms with E-state index in [0.717, 1.165) is 35.6 Å². The lowest BCUT2D eigenvalue weighted by molar-refractivity contribution is -0.870. The molecule has 0 saturated heterocycles. The van der Waals surface area contributed by atoms with Crippen LogP contribution in [-0.4, -0.2) is 133 Å². The van der Waals surface area contributed by atoms with Gasteiger partial charge in [-0.15, -0.1) is 0 Å². The van der Waals surface area contributed by atoms with Crippen molar-refractivity contribution in [3.63, 3.8) is 0 Å². The largest absolute Gasteiger partial charge is 0.472 e. The van der Waals surface area contributed by atoms with Crippen LogP contribution in [0.1, 0.15) is 72.6 Å². The Morgan fingerprint density at radius 3 is 1.77 bits per heavy atom. The first kappa shape index (κ1) is 45.8. The van der Waals surface area contributed by atoms with Gasteiger partial charge in [-0.1, -0.05) is 27.7 Å². The number of amides is 3. The second kappa shape index (κ2) is 25.7. The number of phosphoric acid groups is 1. The van der Waals surface area contributed by atoms with Gasteiger partial charge >= 0.3 is 7.82 Å². The fraction of sp³-hybridized carbons (Fsp3) is 0.897. The van der Waals surface area contributed by atoms with Gasteiger partial charge < -0.3 is 34.5 Å². The lowest BCUT2D eigenvalue weighted by Gasteiger charge is -2.24. The van der Waals surface area contributed by atoms with Gasteiger partial charge in [0, 0.05) is 53.0 Å². The second-order valence-corrected chi connectivity index (χ2v) is 13.3. The molecule has 0 aliphatic heterocycles. The van der Waals surface area contributed by atoms with Gasteiger partial charge in [-0.05, 0) is 19.3 Å². The molecule has 0 saturated carbocycles. The highest BCUT2D eigenvalue weighted by atomic mass is 31.2. The number of ether oxygens (including phenoxy) is 1. The van der Waals surface area contributed by atoms with E-state index in [9.17, 15) is 23.8 Å². The summed E-state index contributed by atoms with van der Waals surface area (Å²) in [5.74, 6) is -0.584. The molecule has 0 spiro atoms. The molecule has 0 radical (unpaired) electrons. The Balaban J connectivity index is -0.00000382. The molecule has 4 N–H and O–H groups in total. The Morgan fingerprint density at radius 1 is 0.791 bits per heavy atom. The number of unbranched alkanes of at least 4 members (excludes halogenated alkanes) is 1. The normalized spacial score (nSPS) is 14.1. The van der Waals surface area contributed by atoms with Crippen molar-refractivity contribution in [2.45, 2.75) is 84.8 Å². The Labute approximate surface area is 262 Å². The highest BCUT2D eigenvalue weighted by molar-refractivity contribution is 7.47. The first-order chi connectivity index (χ1) is 20.0. The van der Waals surface area contributed by atoms with E-state index in [0.29, 0.717) is 45.1 Å². The van der Waals surface area contributed by atoms with Crippen LogP contribution in [0.3, 0.4) is 0 Å². The molecule has 0 heterocycles. The van der Waals surface area contributed by atoms with Crippen LogP contribution in [0.2, 0.25) is 0 Å². The van der Waals surface area contributed by atoms with Crippen LogP contribution in [0.4, 0.5) is 0 Å². The van der Waals surface area contributed by atoms with E-state index in [2.05, 4.69) is 62.8 Å². The SMILES string of the molecule is CC.CC.COC(CNC(=O)C(CCCCNC(=O)CCC[N+](C)(C)C)NC(=O)CCC[N+](C)(C)C)COP(=O)(O)OC. The molecule has 0 aromatic rings. The van der Waals surface area contributed by atoms with Crippen LogP contribution < -0.4 is 16.0 Å². The summed E-state index contributed by atoms with van der Waals surface area (Å²) >= 11 is 0. The Kier molecular flexibility index (Phi) is 27.4. The number of carbonyl (C=O) groups is 3. The van der Waals surface area contributed by atoms with Crippen LogP contribution in [0.5, 0.6) is 0 Å². The number of nitrogens with zero attached hydrogens (tertiary/aromatic N) is 2. The summed E-state index contributed by atoms with van der Waals surface area (Å²) in [5.41, 5.74) is 0. The third kappa shape index (κ3) is 30.2. The molecular weight excluding hydrogens is 577 g/mol. The third-order valence-corrected chi connectivity index (χ3v) is 6.79. The van der Waals surface area contributed by atoms with Crippen molar-refractivity contribution in [1.82, 2.24) is 16.0 Å². The van der Waals surface area contributed by atoms with Crippen LogP contribution in [0, 0.1) is 0 Å². The number of quaternary nitrogens is 2. The van der Waals surface area contributed by atoms with E-state index < -0.39 is 20.0 Å². The highest BCUT2D eigenvalue weighted by Gasteiger charge is 2.24. The molecule has 0 aliphatic carbocycles. The van der Waals surface area contributed by atoms with Crippen LogP contribution >= 0.6 is 7.82 Å². The molecule has 0 rings (SSSR count). The van der Waals surface area contributed by atoms with E-state index >= 15 is 0 Å². The maximum absolute atomic E-state index is 12.9. The van der Waals surface area contributed by atoms with E-state index in [1.807, 2.05) is 27.7 Å². The molecule has 258 valence electrons. The molecular formula is C29H66N5O8P+2. The molecule has 0 bridgehead atoms. The predicted molar refractivity (Wildman–Crippen MR) is 172 cm³/mol. The summed E-state index contributed by atoms with van der Waals surface area (Å²) < 4.78 is 27.5. The number of nitrogens with one attached hydrogen (secondary N) is 3. The van der Waals surface area contributed by atoms with Gasteiger partial charge in [0.2, 0.25) is 17.7 Å². The molecule has 3 atom stereocenters. The number of hydrogen-bond donors (Lipinski definition) is 4. The van der Waals surface area contributed by atoms with Gasteiger partial charge in [0.1, 0.15) is 6.04 Å². The molecule has 14 heteroatoms. The summed E-state index contributed by atoms with van der Waals surface area (Å²) in [6.45, 7) is 9.98. The number of carbonyl (C=O) groups excluding carboxylic acids is 3.